The number of nitrogens with one attached hydrogen (secondary N) is 1. The Hall–Kier alpha value is -0.930. The van der Waals surface area contributed by atoms with Gasteiger partial charge in [-0.1, -0.05) is 32.4 Å². The van der Waals surface area contributed by atoms with Gasteiger partial charge in [0.05, 0.1) is 13.2 Å². The third-order valence-corrected chi connectivity index (χ3v) is 2.95. The molecule has 0 bridgehead atoms. The molecule has 0 aromatic heterocycles. The predicted octanol–water partition coefficient (Wildman–Crippen LogP) is 4.03. The molecule has 0 unspecified atom stereocenters. The third-order valence-electron chi connectivity index (χ3n) is 2.60. The van der Waals surface area contributed by atoms with Crippen molar-refractivity contribution in [2.24, 2.45) is 0 Å². The lowest BCUT2D eigenvalue weighted by Crippen LogP contribution is -2.12. The highest BCUT2D eigenvalue weighted by Gasteiger charge is 2.11. The van der Waals surface area contributed by atoms with Crippen molar-refractivity contribution in [3.63, 3.8) is 0 Å². The topological polar surface area (TPSA) is 30.5 Å². The molecule has 0 aliphatic heterocycles. The molecule has 0 atom stereocenters. The second kappa shape index (κ2) is 9.05. The first-order valence-corrected chi connectivity index (χ1v) is 7.39. The van der Waals surface area contributed by atoms with E-state index in [2.05, 4.69) is 26.1 Å². The van der Waals surface area contributed by atoms with Crippen LogP contribution in [0, 0.1) is 0 Å². The van der Waals surface area contributed by atoms with Gasteiger partial charge in [-0.2, -0.15) is 0 Å². The van der Waals surface area contributed by atoms with Crippen LogP contribution in [0.2, 0.25) is 5.02 Å². The summed E-state index contributed by atoms with van der Waals surface area (Å²) in [6, 6.07) is 3.83. The highest BCUT2D eigenvalue weighted by atomic mass is 35.5. The average Bonchev–Trinajstić information content (AvgIpc) is 2.42. The van der Waals surface area contributed by atoms with Gasteiger partial charge in [0, 0.05) is 17.6 Å². The van der Waals surface area contributed by atoms with Gasteiger partial charge in [-0.25, -0.2) is 0 Å². The SMILES string of the molecule is CCCOc1cc(Cl)c(CNCC)cc1OCCC. The Bertz CT molecular complexity index is 383. The zero-order valence-electron chi connectivity index (χ0n) is 12.1. The van der Waals surface area contributed by atoms with Crippen molar-refractivity contribution < 1.29 is 9.47 Å². The van der Waals surface area contributed by atoms with Crippen LogP contribution >= 0.6 is 11.6 Å². The molecule has 0 radical (unpaired) electrons. The first-order valence-electron chi connectivity index (χ1n) is 7.01. The molecule has 0 saturated carbocycles. The van der Waals surface area contributed by atoms with Gasteiger partial charge < -0.3 is 14.8 Å². The molecule has 1 rings (SSSR count). The predicted molar refractivity (Wildman–Crippen MR) is 80.4 cm³/mol. The minimum absolute atomic E-state index is 0.672. The molecule has 1 aromatic carbocycles. The largest absolute Gasteiger partial charge is 0.490 e. The van der Waals surface area contributed by atoms with E-state index in [1.54, 1.807) is 0 Å². The van der Waals surface area contributed by atoms with Crippen molar-refractivity contribution in [3.8, 4) is 11.5 Å². The number of hydrogen-bond donors (Lipinski definition) is 1. The normalized spacial score (nSPS) is 10.5. The van der Waals surface area contributed by atoms with Crippen molar-refractivity contribution in [2.75, 3.05) is 19.8 Å². The fourth-order valence-electron chi connectivity index (χ4n) is 1.62. The van der Waals surface area contributed by atoms with Crippen molar-refractivity contribution in [2.45, 2.75) is 40.2 Å². The third kappa shape index (κ3) is 5.29. The van der Waals surface area contributed by atoms with Gasteiger partial charge >= 0.3 is 0 Å². The van der Waals surface area contributed by atoms with Gasteiger partial charge in [0.2, 0.25) is 0 Å². The number of ether oxygens (including phenoxy) is 2. The molecule has 0 saturated heterocycles. The van der Waals surface area contributed by atoms with Crippen molar-refractivity contribution >= 4 is 11.6 Å². The first-order chi connectivity index (χ1) is 9.22. The minimum Gasteiger partial charge on any atom is -0.490 e. The van der Waals surface area contributed by atoms with E-state index in [4.69, 9.17) is 21.1 Å². The molecule has 0 aliphatic carbocycles. The highest BCUT2D eigenvalue weighted by Crippen LogP contribution is 2.33. The second-order valence-electron chi connectivity index (χ2n) is 4.37. The highest BCUT2D eigenvalue weighted by molar-refractivity contribution is 6.31. The summed E-state index contributed by atoms with van der Waals surface area (Å²) in [7, 11) is 0. The summed E-state index contributed by atoms with van der Waals surface area (Å²) in [5.74, 6) is 1.52. The van der Waals surface area contributed by atoms with Crippen molar-refractivity contribution in [1.29, 1.82) is 0 Å². The molecular formula is C15H24ClNO2. The Morgan fingerprint density at radius 2 is 1.58 bits per heavy atom. The summed E-state index contributed by atoms with van der Waals surface area (Å²) in [5.41, 5.74) is 1.04. The number of rotatable bonds is 9. The summed E-state index contributed by atoms with van der Waals surface area (Å²) in [6.07, 6.45) is 1.93. The lowest BCUT2D eigenvalue weighted by molar-refractivity contribution is 0.268. The number of benzene rings is 1. The van der Waals surface area contributed by atoms with Crippen LogP contribution in [-0.2, 0) is 6.54 Å². The van der Waals surface area contributed by atoms with Crippen LogP contribution in [0.5, 0.6) is 11.5 Å². The van der Waals surface area contributed by atoms with Gasteiger partial charge in [0.1, 0.15) is 0 Å². The van der Waals surface area contributed by atoms with Crippen LogP contribution in [0.15, 0.2) is 12.1 Å². The van der Waals surface area contributed by atoms with Gasteiger partial charge in [-0.3, -0.25) is 0 Å². The van der Waals surface area contributed by atoms with Crippen LogP contribution in [0.1, 0.15) is 39.2 Å². The lowest BCUT2D eigenvalue weighted by Gasteiger charge is -2.15. The molecule has 1 aromatic rings. The van der Waals surface area contributed by atoms with Crippen molar-refractivity contribution in [1.82, 2.24) is 5.32 Å². The summed E-state index contributed by atoms with van der Waals surface area (Å²) < 4.78 is 11.4. The van der Waals surface area contributed by atoms with Gasteiger partial charge in [0.15, 0.2) is 11.5 Å². The summed E-state index contributed by atoms with van der Waals surface area (Å²) in [4.78, 5) is 0. The standard InChI is InChI=1S/C15H24ClNO2/c1-4-7-18-14-9-12(11-17-6-3)13(16)10-15(14)19-8-5-2/h9-10,17H,4-8,11H2,1-3H3. The molecular weight excluding hydrogens is 262 g/mol. The van der Waals surface area contributed by atoms with E-state index in [1.807, 2.05) is 12.1 Å². The fourth-order valence-corrected chi connectivity index (χ4v) is 1.84. The maximum Gasteiger partial charge on any atom is 0.162 e. The Kier molecular flexibility index (Phi) is 7.68. The molecule has 0 spiro atoms. The summed E-state index contributed by atoms with van der Waals surface area (Å²) in [5, 5.41) is 3.99. The molecule has 0 amide bonds. The van der Waals surface area contributed by atoms with Gasteiger partial charge in [-0.05, 0) is 31.0 Å². The Morgan fingerprint density at radius 1 is 1.00 bits per heavy atom. The Balaban J connectivity index is 2.91. The Morgan fingerprint density at radius 3 is 2.11 bits per heavy atom. The van der Waals surface area contributed by atoms with E-state index < -0.39 is 0 Å². The zero-order valence-corrected chi connectivity index (χ0v) is 12.8. The Labute approximate surface area is 121 Å². The molecule has 0 aliphatic rings. The van der Waals surface area contributed by atoms with Gasteiger partial charge in [-0.15, -0.1) is 0 Å². The molecule has 108 valence electrons. The monoisotopic (exact) mass is 285 g/mol. The maximum absolute atomic E-state index is 6.27. The second-order valence-corrected chi connectivity index (χ2v) is 4.77. The average molecular weight is 286 g/mol. The molecule has 19 heavy (non-hydrogen) atoms. The quantitative estimate of drug-likeness (QED) is 0.743. The summed E-state index contributed by atoms with van der Waals surface area (Å²) >= 11 is 6.27. The lowest BCUT2D eigenvalue weighted by atomic mass is 10.2. The van der Waals surface area contributed by atoms with Crippen LogP contribution in [-0.4, -0.2) is 19.8 Å². The molecule has 0 heterocycles. The van der Waals surface area contributed by atoms with E-state index in [0.717, 1.165) is 48.0 Å². The van der Waals surface area contributed by atoms with Crippen LogP contribution in [0.4, 0.5) is 0 Å². The molecule has 0 fully saturated rings. The molecule has 3 nitrogen and oxygen atoms in total. The number of halogens is 1. The van der Waals surface area contributed by atoms with E-state index in [9.17, 15) is 0 Å². The molecule has 1 N–H and O–H groups in total. The van der Waals surface area contributed by atoms with E-state index in [1.165, 1.54) is 0 Å². The maximum atomic E-state index is 6.27. The van der Waals surface area contributed by atoms with E-state index in [0.29, 0.717) is 13.2 Å². The first kappa shape index (κ1) is 16.1. The smallest absolute Gasteiger partial charge is 0.162 e. The van der Waals surface area contributed by atoms with E-state index in [-0.39, 0.29) is 0 Å². The van der Waals surface area contributed by atoms with Gasteiger partial charge in [0.25, 0.3) is 0 Å². The van der Waals surface area contributed by atoms with Crippen LogP contribution in [0.25, 0.3) is 0 Å². The molecule has 4 heteroatoms. The summed E-state index contributed by atoms with van der Waals surface area (Å²) in [6.45, 7) is 9.24. The van der Waals surface area contributed by atoms with E-state index >= 15 is 0 Å². The zero-order chi connectivity index (χ0) is 14.1. The van der Waals surface area contributed by atoms with Crippen LogP contribution < -0.4 is 14.8 Å². The fraction of sp³-hybridized carbons (Fsp3) is 0.600. The number of hydrogen-bond acceptors (Lipinski definition) is 3. The van der Waals surface area contributed by atoms with Crippen molar-refractivity contribution in [3.05, 3.63) is 22.7 Å². The van der Waals surface area contributed by atoms with Crippen LogP contribution in [0.3, 0.4) is 0 Å². The minimum atomic E-state index is 0.672.